The van der Waals surface area contributed by atoms with Crippen molar-refractivity contribution in [3.05, 3.63) is 72.1 Å². The lowest BCUT2D eigenvalue weighted by Crippen LogP contribution is -2.42. The van der Waals surface area contributed by atoms with Crippen LogP contribution in [0.4, 0.5) is 4.39 Å². The topological polar surface area (TPSA) is 181 Å². The van der Waals surface area contributed by atoms with Gasteiger partial charge in [0.1, 0.15) is 5.82 Å². The number of carboxylic acids is 3. The number of benzene rings is 2. The van der Waals surface area contributed by atoms with Gasteiger partial charge in [0, 0.05) is 38.6 Å². The molecule has 4 N–H and O–H groups in total. The zero-order valence-electron chi connectivity index (χ0n) is 22.8. The molecule has 4 rings (SSSR count). The molecule has 0 bridgehead atoms. The molecule has 0 fully saturated rings. The highest BCUT2D eigenvalue weighted by molar-refractivity contribution is 5.88. The number of rotatable bonds is 14. The van der Waals surface area contributed by atoms with Gasteiger partial charge in [-0.25, -0.2) is 14.2 Å². The highest BCUT2D eigenvalue weighted by Crippen LogP contribution is 2.42. The smallest absolute Gasteiger partial charge is 0.336 e. The third kappa shape index (κ3) is 9.45. The van der Waals surface area contributed by atoms with E-state index in [4.69, 9.17) is 34.6 Å². The quantitative estimate of drug-likeness (QED) is 0.216. The molecule has 0 saturated carbocycles. The van der Waals surface area contributed by atoms with Gasteiger partial charge in [0.15, 0.2) is 17.1 Å². The highest BCUT2D eigenvalue weighted by Gasteiger charge is 2.40. The van der Waals surface area contributed by atoms with Crippen LogP contribution in [0.3, 0.4) is 0 Å². The molecule has 14 heteroatoms. The minimum atomic E-state index is -2.74. The van der Waals surface area contributed by atoms with Crippen LogP contribution in [0.25, 0.3) is 0 Å². The fraction of sp³-hybridized carbons (Fsp3) is 0.357. The molecule has 226 valence electrons. The maximum absolute atomic E-state index is 13.3. The summed E-state index contributed by atoms with van der Waals surface area (Å²) in [5, 5.41) is 33.8. The summed E-state index contributed by atoms with van der Waals surface area (Å²) < 4.78 is 31.9. The van der Waals surface area contributed by atoms with Crippen LogP contribution >= 0.6 is 0 Å². The van der Waals surface area contributed by atoms with Crippen molar-refractivity contribution in [1.29, 1.82) is 0 Å². The van der Waals surface area contributed by atoms with Gasteiger partial charge >= 0.3 is 17.9 Å². The molecule has 0 radical (unpaired) electrons. The average molecular weight is 590 g/mol. The van der Waals surface area contributed by atoms with Crippen molar-refractivity contribution >= 4 is 17.9 Å². The number of hydrogen-bond donors (Lipinski definition) is 4. The SMILES string of the molecule is COc1cc(CN(CCCn2ccnc2)Cc2ccc(F)cc2)cc2c1OCO2.O=C(O)CC(O)(CC(=O)O)C(=O)O. The summed E-state index contributed by atoms with van der Waals surface area (Å²) in [6.07, 6.45) is 4.26. The van der Waals surface area contributed by atoms with Gasteiger partial charge in [-0.1, -0.05) is 12.1 Å². The minimum Gasteiger partial charge on any atom is -0.493 e. The second-order valence-electron chi connectivity index (χ2n) is 9.50. The first-order chi connectivity index (χ1) is 20.0. The van der Waals surface area contributed by atoms with E-state index in [1.807, 2.05) is 36.8 Å². The number of aliphatic carboxylic acids is 3. The summed E-state index contributed by atoms with van der Waals surface area (Å²) in [5.41, 5.74) is -0.588. The largest absolute Gasteiger partial charge is 0.493 e. The minimum absolute atomic E-state index is 0.208. The van der Waals surface area contributed by atoms with E-state index >= 15 is 0 Å². The van der Waals surface area contributed by atoms with Gasteiger partial charge in [-0.3, -0.25) is 14.5 Å². The summed E-state index contributed by atoms with van der Waals surface area (Å²) in [6.45, 7) is 3.42. The summed E-state index contributed by atoms with van der Waals surface area (Å²) in [5.74, 6) is -3.20. The lowest BCUT2D eigenvalue weighted by atomic mass is 9.96. The van der Waals surface area contributed by atoms with Gasteiger partial charge in [-0.2, -0.15) is 0 Å². The van der Waals surface area contributed by atoms with E-state index in [1.54, 1.807) is 13.3 Å². The molecule has 0 unspecified atom stereocenters. The number of hydrogen-bond acceptors (Lipinski definition) is 9. The number of imidazole rings is 1. The Bertz CT molecular complexity index is 1330. The van der Waals surface area contributed by atoms with Crippen LogP contribution in [-0.2, 0) is 34.0 Å². The first kappa shape index (κ1) is 31.8. The highest BCUT2D eigenvalue weighted by atomic mass is 19.1. The van der Waals surface area contributed by atoms with Crippen LogP contribution < -0.4 is 14.2 Å². The molecule has 1 aromatic heterocycles. The van der Waals surface area contributed by atoms with Crippen LogP contribution in [-0.4, -0.2) is 78.8 Å². The Labute approximate surface area is 240 Å². The monoisotopic (exact) mass is 589 g/mol. The molecule has 2 aromatic carbocycles. The third-order valence-corrected chi connectivity index (χ3v) is 6.18. The molecule has 13 nitrogen and oxygen atoms in total. The van der Waals surface area contributed by atoms with Gasteiger partial charge in [-0.05, 0) is 41.8 Å². The lowest BCUT2D eigenvalue weighted by Gasteiger charge is -2.23. The zero-order valence-corrected chi connectivity index (χ0v) is 22.8. The zero-order chi connectivity index (χ0) is 30.7. The van der Waals surface area contributed by atoms with Crippen LogP contribution in [0.1, 0.15) is 30.4 Å². The van der Waals surface area contributed by atoms with Crippen molar-refractivity contribution in [2.75, 3.05) is 20.4 Å². The number of methoxy groups -OCH3 is 1. The van der Waals surface area contributed by atoms with Gasteiger partial charge in [0.25, 0.3) is 0 Å². The number of aryl methyl sites for hydroxylation is 1. The Hall–Kier alpha value is -4.69. The molecule has 0 atom stereocenters. The van der Waals surface area contributed by atoms with Crippen molar-refractivity contribution in [1.82, 2.24) is 14.5 Å². The summed E-state index contributed by atoms with van der Waals surface area (Å²) in [7, 11) is 1.63. The summed E-state index contributed by atoms with van der Waals surface area (Å²) in [6, 6.07) is 10.7. The molecule has 1 aliphatic rings. The van der Waals surface area contributed by atoms with E-state index in [0.717, 1.165) is 37.2 Å². The van der Waals surface area contributed by atoms with Crippen LogP contribution in [0, 0.1) is 5.82 Å². The predicted octanol–water partition coefficient (Wildman–Crippen LogP) is 2.60. The first-order valence-corrected chi connectivity index (χ1v) is 12.8. The number of fused-ring (bicyclic) bond motifs is 1. The molecular weight excluding hydrogens is 557 g/mol. The molecule has 0 spiro atoms. The second-order valence-corrected chi connectivity index (χ2v) is 9.50. The van der Waals surface area contributed by atoms with Gasteiger partial charge in [-0.15, -0.1) is 0 Å². The number of halogens is 1. The predicted molar refractivity (Wildman–Crippen MR) is 144 cm³/mol. The Morgan fingerprint density at radius 3 is 2.29 bits per heavy atom. The molecule has 3 aromatic rings. The number of aliphatic hydroxyl groups is 1. The number of carbonyl (C=O) groups is 3. The maximum atomic E-state index is 13.3. The fourth-order valence-electron chi connectivity index (χ4n) is 4.21. The third-order valence-electron chi connectivity index (χ3n) is 6.18. The molecular formula is C28H32FN3O10. The Morgan fingerprint density at radius 2 is 1.71 bits per heavy atom. The lowest BCUT2D eigenvalue weighted by molar-refractivity contribution is -0.170. The van der Waals surface area contributed by atoms with Crippen molar-refractivity contribution in [2.24, 2.45) is 0 Å². The van der Waals surface area contributed by atoms with Crippen LogP contribution in [0.15, 0.2) is 55.1 Å². The Balaban J connectivity index is 0.000000316. The van der Waals surface area contributed by atoms with Crippen molar-refractivity contribution < 1.29 is 53.4 Å². The van der Waals surface area contributed by atoms with E-state index in [2.05, 4.69) is 14.5 Å². The molecule has 0 amide bonds. The number of aromatic nitrogens is 2. The molecule has 0 aliphatic carbocycles. The van der Waals surface area contributed by atoms with E-state index in [1.165, 1.54) is 12.1 Å². The fourth-order valence-corrected chi connectivity index (χ4v) is 4.21. The van der Waals surface area contributed by atoms with Gasteiger partial charge in [0.05, 0.1) is 26.3 Å². The van der Waals surface area contributed by atoms with E-state index < -0.39 is 36.4 Å². The molecule has 0 saturated heterocycles. The van der Waals surface area contributed by atoms with Crippen LogP contribution in [0.2, 0.25) is 0 Å². The summed E-state index contributed by atoms with van der Waals surface area (Å²) in [4.78, 5) is 36.9. The average Bonchev–Trinajstić information content (AvgIpc) is 3.61. The van der Waals surface area contributed by atoms with Crippen molar-refractivity contribution in [3.8, 4) is 17.2 Å². The standard InChI is InChI=1S/C22H24FN3O3.C6H8O7/c1-27-20-11-18(12-21-22(20)29-16-28-21)14-26(9-2-8-25-10-7-24-15-25)13-17-3-5-19(23)6-4-17;7-3(8)1-6(13,5(11)12)2-4(9)10/h3-7,10-12,15H,2,8-9,13-14,16H2,1H3;13H,1-2H2,(H,7,8)(H,9,10)(H,11,12). The summed E-state index contributed by atoms with van der Waals surface area (Å²) >= 11 is 0. The van der Waals surface area contributed by atoms with E-state index in [9.17, 15) is 18.8 Å². The first-order valence-electron chi connectivity index (χ1n) is 12.8. The van der Waals surface area contributed by atoms with Crippen molar-refractivity contribution in [3.63, 3.8) is 0 Å². The molecule has 2 heterocycles. The maximum Gasteiger partial charge on any atom is 0.336 e. The second kappa shape index (κ2) is 14.8. The number of nitrogens with zero attached hydrogens (tertiary/aromatic N) is 3. The normalized spacial score (nSPS) is 12.0. The molecule has 42 heavy (non-hydrogen) atoms. The van der Waals surface area contributed by atoms with E-state index in [0.29, 0.717) is 23.8 Å². The Kier molecular flexibility index (Phi) is 11.2. The van der Waals surface area contributed by atoms with Crippen LogP contribution in [0.5, 0.6) is 17.2 Å². The molecule has 1 aliphatic heterocycles. The van der Waals surface area contributed by atoms with Crippen molar-refractivity contribution in [2.45, 2.75) is 44.5 Å². The van der Waals surface area contributed by atoms with E-state index in [-0.39, 0.29) is 12.6 Å². The number of ether oxygens (including phenoxy) is 3. The number of carboxylic acid groups (broad SMARTS) is 3. The van der Waals surface area contributed by atoms with Gasteiger partial charge < -0.3 is 39.2 Å². The van der Waals surface area contributed by atoms with Gasteiger partial charge in [0.2, 0.25) is 12.5 Å². The Morgan fingerprint density at radius 1 is 1.05 bits per heavy atom.